The van der Waals surface area contributed by atoms with Gasteiger partial charge in [-0.1, -0.05) is 55.5 Å². The fourth-order valence-corrected chi connectivity index (χ4v) is 4.15. The van der Waals surface area contributed by atoms with Crippen molar-refractivity contribution in [3.05, 3.63) is 47.4 Å². The molecule has 5 nitrogen and oxygen atoms in total. The zero-order valence-electron chi connectivity index (χ0n) is 14.6. The maximum atomic E-state index is 4.66. The predicted octanol–water partition coefficient (Wildman–Crippen LogP) is 4.44. The van der Waals surface area contributed by atoms with Gasteiger partial charge in [-0.05, 0) is 18.4 Å². The average molecular weight is 353 g/mol. The zero-order valence-corrected chi connectivity index (χ0v) is 15.5. The molecule has 0 bridgehead atoms. The van der Waals surface area contributed by atoms with Crippen molar-refractivity contribution in [2.24, 2.45) is 0 Å². The Balaban J connectivity index is 1.50. The second-order valence-corrected chi connectivity index (χ2v) is 7.90. The molecule has 1 aliphatic rings. The Morgan fingerprint density at radius 1 is 1.20 bits per heavy atom. The first kappa shape index (κ1) is 16.3. The van der Waals surface area contributed by atoms with E-state index >= 15 is 0 Å². The molecule has 0 radical (unpaired) electrons. The van der Waals surface area contributed by atoms with Gasteiger partial charge in [0.05, 0.1) is 11.9 Å². The number of aromatic nitrogens is 4. The van der Waals surface area contributed by atoms with Crippen molar-refractivity contribution in [1.82, 2.24) is 20.2 Å². The molecule has 130 valence electrons. The van der Waals surface area contributed by atoms with Gasteiger partial charge in [0.15, 0.2) is 0 Å². The quantitative estimate of drug-likeness (QED) is 0.753. The van der Waals surface area contributed by atoms with Crippen LogP contribution >= 0.6 is 11.3 Å². The molecule has 4 rings (SSSR count). The van der Waals surface area contributed by atoms with Gasteiger partial charge in [-0.3, -0.25) is 0 Å². The van der Waals surface area contributed by atoms with Crippen LogP contribution in [0.1, 0.15) is 49.4 Å². The van der Waals surface area contributed by atoms with Crippen molar-refractivity contribution in [1.29, 1.82) is 0 Å². The van der Waals surface area contributed by atoms with Crippen LogP contribution < -0.4 is 4.90 Å². The smallest absolute Gasteiger partial charge is 0.208 e. The van der Waals surface area contributed by atoms with Gasteiger partial charge in [-0.15, -0.1) is 10.2 Å². The van der Waals surface area contributed by atoms with E-state index in [0.717, 1.165) is 47.6 Å². The SMILES string of the molecule is CC(C)c1nnc(N2CCCC(c3ncc(-c4ccccc4)[nH]3)C2)s1. The molecule has 0 amide bonds. The van der Waals surface area contributed by atoms with Crippen LogP contribution in [0.15, 0.2) is 36.5 Å². The summed E-state index contributed by atoms with van der Waals surface area (Å²) in [6, 6.07) is 10.4. The minimum absolute atomic E-state index is 0.414. The molecule has 3 heterocycles. The Morgan fingerprint density at radius 3 is 2.80 bits per heavy atom. The molecule has 3 aromatic rings. The molecule has 25 heavy (non-hydrogen) atoms. The third-order valence-electron chi connectivity index (χ3n) is 4.68. The topological polar surface area (TPSA) is 57.7 Å². The van der Waals surface area contributed by atoms with E-state index in [0.29, 0.717) is 11.8 Å². The van der Waals surface area contributed by atoms with E-state index in [-0.39, 0.29) is 0 Å². The molecule has 1 aliphatic heterocycles. The van der Waals surface area contributed by atoms with Crippen LogP contribution in [-0.4, -0.2) is 33.3 Å². The van der Waals surface area contributed by atoms with E-state index in [4.69, 9.17) is 0 Å². The van der Waals surface area contributed by atoms with Gasteiger partial charge in [0.2, 0.25) is 5.13 Å². The number of H-pyrrole nitrogens is 1. The van der Waals surface area contributed by atoms with Crippen LogP contribution in [-0.2, 0) is 0 Å². The van der Waals surface area contributed by atoms with Gasteiger partial charge in [0, 0.05) is 24.9 Å². The fraction of sp³-hybridized carbons (Fsp3) is 0.421. The number of hydrogen-bond donors (Lipinski definition) is 1. The number of piperidine rings is 1. The lowest BCUT2D eigenvalue weighted by Gasteiger charge is -2.31. The Labute approximate surface area is 152 Å². The second kappa shape index (κ2) is 6.96. The van der Waals surface area contributed by atoms with Crippen molar-refractivity contribution in [3.8, 4) is 11.3 Å². The molecule has 1 atom stereocenters. The first-order valence-electron chi connectivity index (χ1n) is 8.89. The number of nitrogens with one attached hydrogen (secondary N) is 1. The third kappa shape index (κ3) is 3.44. The summed E-state index contributed by atoms with van der Waals surface area (Å²) in [6.07, 6.45) is 4.27. The van der Waals surface area contributed by atoms with Gasteiger partial charge in [0.1, 0.15) is 10.8 Å². The molecule has 0 saturated carbocycles. The number of anilines is 1. The largest absolute Gasteiger partial charge is 0.346 e. The van der Waals surface area contributed by atoms with Crippen LogP contribution in [0.2, 0.25) is 0 Å². The molecular weight excluding hydrogens is 330 g/mol. The summed E-state index contributed by atoms with van der Waals surface area (Å²) < 4.78 is 0. The summed E-state index contributed by atoms with van der Waals surface area (Å²) >= 11 is 1.72. The summed E-state index contributed by atoms with van der Waals surface area (Å²) in [4.78, 5) is 10.6. The van der Waals surface area contributed by atoms with Crippen molar-refractivity contribution in [2.45, 2.75) is 38.5 Å². The Hall–Kier alpha value is -2.21. The average Bonchev–Trinajstić information content (AvgIpc) is 3.33. The molecule has 6 heteroatoms. The highest BCUT2D eigenvalue weighted by atomic mass is 32.1. The lowest BCUT2D eigenvalue weighted by Crippen LogP contribution is -2.34. The van der Waals surface area contributed by atoms with E-state index in [1.54, 1.807) is 11.3 Å². The van der Waals surface area contributed by atoms with Crippen molar-refractivity contribution >= 4 is 16.5 Å². The van der Waals surface area contributed by atoms with E-state index in [1.807, 2.05) is 12.3 Å². The minimum Gasteiger partial charge on any atom is -0.346 e. The highest BCUT2D eigenvalue weighted by molar-refractivity contribution is 7.15. The Bertz CT molecular complexity index is 823. The molecule has 0 aliphatic carbocycles. The second-order valence-electron chi connectivity index (χ2n) is 6.91. The normalized spacial score (nSPS) is 18.0. The summed E-state index contributed by atoms with van der Waals surface area (Å²) in [5.74, 6) is 1.93. The minimum atomic E-state index is 0.414. The number of imidazole rings is 1. The van der Waals surface area contributed by atoms with Crippen LogP contribution in [0, 0.1) is 0 Å². The summed E-state index contributed by atoms with van der Waals surface area (Å²) in [7, 11) is 0. The highest BCUT2D eigenvalue weighted by Crippen LogP contribution is 2.32. The van der Waals surface area contributed by atoms with Crippen molar-refractivity contribution in [2.75, 3.05) is 18.0 Å². The summed E-state index contributed by atoms with van der Waals surface area (Å²) in [6.45, 7) is 6.33. The molecule has 1 saturated heterocycles. The van der Waals surface area contributed by atoms with Gasteiger partial charge >= 0.3 is 0 Å². The van der Waals surface area contributed by atoms with Crippen LogP contribution in [0.3, 0.4) is 0 Å². The van der Waals surface area contributed by atoms with E-state index in [2.05, 4.69) is 63.2 Å². The first-order valence-corrected chi connectivity index (χ1v) is 9.71. The lowest BCUT2D eigenvalue weighted by atomic mass is 9.98. The third-order valence-corrected chi connectivity index (χ3v) is 5.97. The van der Waals surface area contributed by atoms with Gasteiger partial charge in [-0.25, -0.2) is 4.98 Å². The molecule has 1 N–H and O–H groups in total. The molecular formula is C19H23N5S. The number of rotatable bonds is 4. The molecule has 1 unspecified atom stereocenters. The number of aromatic amines is 1. The predicted molar refractivity (Wildman–Crippen MR) is 102 cm³/mol. The standard InChI is InChI=1S/C19H23N5S/c1-13(2)18-22-23-19(25-18)24-10-6-9-15(12-24)17-20-11-16(21-17)14-7-4-3-5-8-14/h3-5,7-8,11,13,15H,6,9-10,12H2,1-2H3,(H,20,21). The molecule has 1 aromatic carbocycles. The molecule has 0 spiro atoms. The van der Waals surface area contributed by atoms with E-state index in [1.165, 1.54) is 5.56 Å². The van der Waals surface area contributed by atoms with Gasteiger partial charge < -0.3 is 9.88 Å². The number of benzene rings is 1. The van der Waals surface area contributed by atoms with Gasteiger partial charge in [0.25, 0.3) is 0 Å². The monoisotopic (exact) mass is 353 g/mol. The van der Waals surface area contributed by atoms with Crippen LogP contribution in [0.25, 0.3) is 11.3 Å². The fourth-order valence-electron chi connectivity index (χ4n) is 3.27. The van der Waals surface area contributed by atoms with Gasteiger partial charge in [-0.2, -0.15) is 0 Å². The highest BCUT2D eigenvalue weighted by Gasteiger charge is 2.26. The van der Waals surface area contributed by atoms with Crippen LogP contribution in [0.4, 0.5) is 5.13 Å². The summed E-state index contributed by atoms with van der Waals surface area (Å²) in [5, 5.41) is 10.9. The molecule has 1 fully saturated rings. The van der Waals surface area contributed by atoms with E-state index in [9.17, 15) is 0 Å². The zero-order chi connectivity index (χ0) is 17.2. The first-order chi connectivity index (χ1) is 12.2. The Kier molecular flexibility index (Phi) is 4.53. The lowest BCUT2D eigenvalue weighted by molar-refractivity contribution is 0.493. The van der Waals surface area contributed by atoms with Crippen molar-refractivity contribution in [3.63, 3.8) is 0 Å². The number of nitrogens with zero attached hydrogens (tertiary/aromatic N) is 4. The molecule has 2 aromatic heterocycles. The van der Waals surface area contributed by atoms with Crippen molar-refractivity contribution < 1.29 is 0 Å². The maximum Gasteiger partial charge on any atom is 0.208 e. The van der Waals surface area contributed by atoms with Crippen LogP contribution in [0.5, 0.6) is 0 Å². The van der Waals surface area contributed by atoms with E-state index < -0.39 is 0 Å². The number of hydrogen-bond acceptors (Lipinski definition) is 5. The summed E-state index contributed by atoms with van der Waals surface area (Å²) in [5.41, 5.74) is 2.27. The maximum absolute atomic E-state index is 4.66. The Morgan fingerprint density at radius 2 is 2.04 bits per heavy atom.